The van der Waals surface area contributed by atoms with E-state index < -0.39 is 0 Å². The predicted molar refractivity (Wildman–Crippen MR) is 312 cm³/mol. The highest BCUT2D eigenvalue weighted by molar-refractivity contribution is 7.04. The number of hydrogen-bond donors (Lipinski definition) is 0. The van der Waals surface area contributed by atoms with E-state index in [-0.39, 0.29) is 20.1 Å². The van der Waals surface area contributed by atoms with Gasteiger partial charge in [-0.1, -0.05) is 146 Å². The first kappa shape index (κ1) is 40.9. The predicted octanol–water partition coefficient (Wildman–Crippen LogP) is 10.6. The van der Waals surface area contributed by atoms with Crippen molar-refractivity contribution < 1.29 is 9.47 Å². The zero-order valence-electron chi connectivity index (χ0n) is 40.5. The maximum absolute atomic E-state index is 7.53. The molecule has 0 aromatic heterocycles. The van der Waals surface area contributed by atoms with Gasteiger partial charge in [-0.25, -0.2) is 0 Å². The maximum atomic E-state index is 7.53. The Labute approximate surface area is 436 Å². The molecule has 17 rings (SSSR count). The van der Waals surface area contributed by atoms with Gasteiger partial charge < -0.3 is 29.1 Å². The zero-order valence-corrected chi connectivity index (χ0v) is 40.5. The molecule has 6 aliphatic rings. The molecule has 0 unspecified atom stereocenters. The summed E-state index contributed by atoms with van der Waals surface area (Å²) >= 11 is 0. The summed E-state index contributed by atoms with van der Waals surface area (Å²) < 4.78 is 14.6. The lowest BCUT2D eigenvalue weighted by Gasteiger charge is -2.48. The van der Waals surface area contributed by atoms with Gasteiger partial charge >= 0.3 is 0 Å². The van der Waals surface area contributed by atoms with Gasteiger partial charge in [-0.05, 0) is 141 Å². The Bertz CT molecular complexity index is 4190. The number of nitrogens with zero attached hydrogens (tertiary/aromatic N) is 4. The van der Waals surface area contributed by atoms with Gasteiger partial charge in [0, 0.05) is 79.8 Å². The molecule has 0 fully saturated rings. The molecule has 0 aliphatic carbocycles. The van der Waals surface area contributed by atoms with Crippen molar-refractivity contribution in [1.82, 2.24) is 0 Å². The molecule has 0 N–H and O–H groups in total. The Morgan fingerprint density at radius 1 is 0.227 bits per heavy atom. The second kappa shape index (κ2) is 15.5. The van der Waals surface area contributed by atoms with E-state index in [9.17, 15) is 0 Å². The Balaban J connectivity index is 1.01. The van der Waals surface area contributed by atoms with Gasteiger partial charge in [-0.2, -0.15) is 0 Å². The number of benzene rings is 11. The topological polar surface area (TPSA) is 31.4 Å². The first-order valence-corrected chi connectivity index (χ1v) is 25.9. The van der Waals surface area contributed by atoms with Crippen LogP contribution in [-0.2, 0) is 0 Å². The van der Waals surface area contributed by atoms with E-state index in [0.717, 1.165) is 96.0 Å². The molecule has 6 aliphatic heterocycles. The summed E-state index contributed by atoms with van der Waals surface area (Å²) in [5, 5.41) is 0. The van der Waals surface area contributed by atoms with Gasteiger partial charge in [0.05, 0.1) is 0 Å². The van der Waals surface area contributed by atoms with E-state index in [0.29, 0.717) is 0 Å². The number of fused-ring (bicyclic) bond motifs is 13. The minimum absolute atomic E-state index is 0.0855. The van der Waals surface area contributed by atoms with E-state index in [1.54, 1.807) is 0 Å². The smallest absolute Gasteiger partial charge is 0.260 e. The highest BCUT2D eigenvalue weighted by Gasteiger charge is 2.52. The first-order valence-electron chi connectivity index (χ1n) is 25.9. The highest BCUT2D eigenvalue weighted by atomic mass is 16.5. The van der Waals surface area contributed by atoms with Crippen LogP contribution in [0.3, 0.4) is 0 Å². The quantitative estimate of drug-likeness (QED) is 0.163. The molecule has 0 bridgehead atoms. The molecule has 0 atom stereocenters. The largest absolute Gasteiger partial charge is 0.459 e. The van der Waals surface area contributed by atoms with Gasteiger partial charge in [-0.15, -0.1) is 0 Å². The average Bonchev–Trinajstić information content (AvgIpc) is 3.57. The Morgan fingerprint density at radius 3 is 1.15 bits per heavy atom. The van der Waals surface area contributed by atoms with E-state index >= 15 is 0 Å². The third-order valence-corrected chi connectivity index (χ3v) is 16.5. The minimum Gasteiger partial charge on any atom is -0.459 e. The summed E-state index contributed by atoms with van der Waals surface area (Å²) in [6, 6.07) is 90.9. The molecule has 346 valence electrons. The van der Waals surface area contributed by atoms with E-state index in [1.807, 2.05) is 0 Å². The summed E-state index contributed by atoms with van der Waals surface area (Å²) in [4.78, 5) is 9.95. The van der Waals surface area contributed by atoms with Crippen LogP contribution >= 0.6 is 0 Å². The number of rotatable bonds is 4. The van der Waals surface area contributed by atoms with Crippen LogP contribution in [0.25, 0.3) is 0 Å². The van der Waals surface area contributed by atoms with Gasteiger partial charge in [-0.3, -0.25) is 0 Å². The summed E-state index contributed by atoms with van der Waals surface area (Å²) in [7, 11) is 0. The Kier molecular flexibility index (Phi) is 8.44. The second-order valence-corrected chi connectivity index (χ2v) is 20.3. The fourth-order valence-corrected chi connectivity index (χ4v) is 13.6. The third kappa shape index (κ3) is 5.61. The van der Waals surface area contributed by atoms with Gasteiger partial charge in [0.1, 0.15) is 23.0 Å². The Hall–Kier alpha value is -9.59. The van der Waals surface area contributed by atoms with Crippen molar-refractivity contribution in [1.29, 1.82) is 0 Å². The second-order valence-electron chi connectivity index (χ2n) is 20.3. The zero-order chi connectivity index (χ0) is 48.9. The molecule has 0 amide bonds. The van der Waals surface area contributed by atoms with Gasteiger partial charge in [0.2, 0.25) is 0 Å². The molecule has 11 aromatic rings. The maximum Gasteiger partial charge on any atom is 0.260 e. The molecule has 75 heavy (non-hydrogen) atoms. The fraction of sp³-hybridized carbons (Fsp3) is 0. The highest BCUT2D eigenvalue weighted by Crippen LogP contribution is 2.50. The van der Waals surface area contributed by atoms with Crippen molar-refractivity contribution in [2.75, 3.05) is 19.6 Å². The number of para-hydroxylation sites is 7. The fourth-order valence-electron chi connectivity index (χ4n) is 13.6. The normalized spacial score (nSPS) is 14.2. The van der Waals surface area contributed by atoms with Crippen molar-refractivity contribution in [3.05, 3.63) is 249 Å². The lowest BCUT2D eigenvalue weighted by molar-refractivity contribution is 0.467. The molecule has 0 radical (unpaired) electrons. The monoisotopic (exact) mass is 954 g/mol. The lowest BCUT2D eigenvalue weighted by Crippen LogP contribution is -2.66. The molecule has 6 heterocycles. The molecular formula is C66H41B3N4O2. The summed E-state index contributed by atoms with van der Waals surface area (Å²) in [6.45, 7) is -0.432. The molecule has 0 saturated heterocycles. The van der Waals surface area contributed by atoms with Crippen LogP contribution in [0.2, 0.25) is 0 Å². The third-order valence-electron chi connectivity index (χ3n) is 16.5. The van der Waals surface area contributed by atoms with Crippen LogP contribution < -0.4 is 78.2 Å². The summed E-state index contributed by atoms with van der Waals surface area (Å²) in [5.41, 5.74) is 24.3. The summed E-state index contributed by atoms with van der Waals surface area (Å²) in [5.74, 6) is 3.42. The van der Waals surface area contributed by atoms with Crippen LogP contribution in [0.5, 0.6) is 23.0 Å². The first-order chi connectivity index (χ1) is 37.3. The van der Waals surface area contributed by atoms with Gasteiger partial charge in [0.15, 0.2) is 0 Å². The standard InChI is InChI=1S/C66H41B3N4O2/c1-5-21-42(22-6-1)70-51-32-16-13-29-46(51)67-49-39-50-57(40-56(49)71(43-23-7-2-8-24-43)53-34-19-33-52(70)62(53)67)72(44-25-9-3-10-26-44)54-35-20-36-55-63(54)69(50)64-58(73(55)45-27-11-4-12-28-45)41-61-65-66(64)75-60-38-18-15-31-48(60)68(65)47-30-14-17-37-59(47)74-61/h1-41H. The molecular weight excluding hydrogens is 913 g/mol. The molecule has 11 aromatic carbocycles. The van der Waals surface area contributed by atoms with E-state index in [1.165, 1.54) is 44.4 Å². The molecule has 6 nitrogen and oxygen atoms in total. The van der Waals surface area contributed by atoms with Crippen molar-refractivity contribution in [2.24, 2.45) is 0 Å². The van der Waals surface area contributed by atoms with Crippen molar-refractivity contribution in [2.45, 2.75) is 0 Å². The van der Waals surface area contributed by atoms with Crippen LogP contribution in [-0.4, -0.2) is 20.1 Å². The number of ether oxygens (including phenoxy) is 2. The van der Waals surface area contributed by atoms with Gasteiger partial charge in [0.25, 0.3) is 20.1 Å². The van der Waals surface area contributed by atoms with Crippen LogP contribution in [0, 0.1) is 0 Å². The molecule has 9 heteroatoms. The summed E-state index contributed by atoms with van der Waals surface area (Å²) in [6.07, 6.45) is 0. The van der Waals surface area contributed by atoms with E-state index in [4.69, 9.17) is 9.47 Å². The SMILES string of the molecule is c1ccc(N2c3ccccc3B3c4cc5c(cc4N(c4ccccc4)c4cccc2c43)N(c2ccccc2)c2cccc3c2B5c2c(cc4c5c2Oc2ccccc2B5c2ccccc2O4)N3c2ccccc2)cc1. The lowest BCUT2D eigenvalue weighted by atomic mass is 9.29. The van der Waals surface area contributed by atoms with E-state index in [2.05, 4.69) is 268 Å². The Morgan fingerprint density at radius 2 is 0.613 bits per heavy atom. The minimum atomic E-state index is -0.253. The van der Waals surface area contributed by atoms with Crippen molar-refractivity contribution in [3.63, 3.8) is 0 Å². The van der Waals surface area contributed by atoms with Crippen molar-refractivity contribution in [3.8, 4) is 23.0 Å². The number of hydrogen-bond acceptors (Lipinski definition) is 6. The van der Waals surface area contributed by atoms with Crippen LogP contribution in [0.1, 0.15) is 0 Å². The molecule has 0 spiro atoms. The van der Waals surface area contributed by atoms with Crippen molar-refractivity contribution >= 4 is 138 Å². The number of anilines is 12. The molecule has 0 saturated carbocycles. The van der Waals surface area contributed by atoms with Crippen LogP contribution in [0.15, 0.2) is 249 Å². The average molecular weight is 955 g/mol. The van der Waals surface area contributed by atoms with Crippen LogP contribution in [0.4, 0.5) is 68.2 Å².